The summed E-state index contributed by atoms with van der Waals surface area (Å²) < 4.78 is 5.32. The van der Waals surface area contributed by atoms with E-state index >= 15 is 0 Å². The van der Waals surface area contributed by atoms with Gasteiger partial charge < -0.3 is 14.5 Å². The second-order valence-electron chi connectivity index (χ2n) is 7.37. The number of hydrogen-bond donors (Lipinski definition) is 0. The molecule has 2 amide bonds. The van der Waals surface area contributed by atoms with Gasteiger partial charge >= 0.3 is 6.09 Å². The molecule has 0 radical (unpaired) electrons. The molecule has 0 aromatic carbocycles. The zero-order valence-electron chi connectivity index (χ0n) is 15.3. The highest BCUT2D eigenvalue weighted by molar-refractivity contribution is 7.14. The lowest BCUT2D eigenvalue weighted by atomic mass is 9.99. The maximum absolute atomic E-state index is 12.9. The Hall–Kier alpha value is -1.56. The van der Waals surface area contributed by atoms with Crippen LogP contribution in [0.5, 0.6) is 0 Å². The van der Waals surface area contributed by atoms with Crippen LogP contribution in [0.25, 0.3) is 0 Å². The fourth-order valence-corrected chi connectivity index (χ4v) is 4.61. The van der Waals surface area contributed by atoms with E-state index in [4.69, 9.17) is 4.74 Å². The van der Waals surface area contributed by atoms with Crippen molar-refractivity contribution in [3.05, 3.63) is 21.4 Å². The smallest absolute Gasteiger partial charge is 0.409 e. The first-order chi connectivity index (χ1) is 12.0. The molecule has 1 fully saturated rings. The van der Waals surface area contributed by atoms with Crippen molar-refractivity contribution in [2.24, 2.45) is 5.92 Å². The number of thiophene rings is 1. The van der Waals surface area contributed by atoms with Crippen molar-refractivity contribution >= 4 is 23.3 Å². The van der Waals surface area contributed by atoms with Crippen LogP contribution in [-0.4, -0.2) is 54.6 Å². The minimum atomic E-state index is -0.255. The molecule has 1 aliphatic heterocycles. The predicted octanol–water partition coefficient (Wildman–Crippen LogP) is 3.57. The third kappa shape index (κ3) is 4.54. The maximum Gasteiger partial charge on any atom is 0.409 e. The van der Waals surface area contributed by atoms with Gasteiger partial charge in [0.05, 0.1) is 11.5 Å². The van der Waals surface area contributed by atoms with Crippen molar-refractivity contribution in [2.45, 2.75) is 46.0 Å². The van der Waals surface area contributed by atoms with E-state index in [2.05, 4.69) is 6.07 Å². The van der Waals surface area contributed by atoms with Crippen LogP contribution in [-0.2, 0) is 17.6 Å². The highest BCUT2D eigenvalue weighted by Crippen LogP contribution is 2.30. The number of rotatable bonds is 3. The zero-order chi connectivity index (χ0) is 17.8. The summed E-state index contributed by atoms with van der Waals surface area (Å²) in [7, 11) is 0. The van der Waals surface area contributed by atoms with Gasteiger partial charge in [-0.15, -0.1) is 11.3 Å². The van der Waals surface area contributed by atoms with E-state index < -0.39 is 0 Å². The van der Waals surface area contributed by atoms with Gasteiger partial charge in [-0.25, -0.2) is 4.79 Å². The summed E-state index contributed by atoms with van der Waals surface area (Å²) in [5, 5.41) is 0. The van der Waals surface area contributed by atoms with Crippen LogP contribution in [0.15, 0.2) is 6.07 Å². The summed E-state index contributed by atoms with van der Waals surface area (Å²) in [5.41, 5.74) is 1.37. The van der Waals surface area contributed by atoms with Crippen LogP contribution in [0.2, 0.25) is 0 Å². The van der Waals surface area contributed by atoms with E-state index in [0.29, 0.717) is 38.7 Å². The predicted molar refractivity (Wildman–Crippen MR) is 99.2 cm³/mol. The number of ether oxygens (including phenoxy) is 1. The molecule has 2 heterocycles. The SMILES string of the molecule is CC(C)COC(=O)N1CCCN(C(=O)c2cc3c(s2)CCCC3)CC1. The average Bonchev–Trinajstić information content (AvgIpc) is 2.88. The van der Waals surface area contributed by atoms with Gasteiger partial charge in [-0.3, -0.25) is 4.79 Å². The van der Waals surface area contributed by atoms with Crippen LogP contribution in [0, 0.1) is 5.92 Å². The summed E-state index contributed by atoms with van der Waals surface area (Å²) in [5.74, 6) is 0.454. The Labute approximate surface area is 153 Å². The molecule has 1 aromatic rings. The van der Waals surface area contributed by atoms with Gasteiger partial charge in [0.25, 0.3) is 5.91 Å². The topological polar surface area (TPSA) is 49.9 Å². The second kappa shape index (κ2) is 8.21. The van der Waals surface area contributed by atoms with E-state index in [1.54, 1.807) is 16.2 Å². The van der Waals surface area contributed by atoms with Gasteiger partial charge in [0.1, 0.15) is 0 Å². The van der Waals surface area contributed by atoms with Gasteiger partial charge in [0.2, 0.25) is 0 Å². The Bertz CT molecular complexity index is 603. The number of carbonyl (C=O) groups is 2. The standard InChI is InChI=1S/C19H28N2O3S/c1-14(2)13-24-19(23)21-9-5-8-20(10-11-21)18(22)17-12-15-6-3-4-7-16(15)25-17/h12,14H,3-11,13H2,1-2H3. The minimum Gasteiger partial charge on any atom is -0.449 e. The zero-order valence-corrected chi connectivity index (χ0v) is 16.1. The van der Waals surface area contributed by atoms with E-state index in [1.807, 2.05) is 18.7 Å². The van der Waals surface area contributed by atoms with Gasteiger partial charge in [0, 0.05) is 31.1 Å². The van der Waals surface area contributed by atoms with Crippen molar-refractivity contribution in [3.63, 3.8) is 0 Å². The Kier molecular flexibility index (Phi) is 5.99. The van der Waals surface area contributed by atoms with Crippen LogP contribution in [0.1, 0.15) is 53.2 Å². The van der Waals surface area contributed by atoms with Crippen molar-refractivity contribution in [2.75, 3.05) is 32.8 Å². The number of aryl methyl sites for hydroxylation is 2. The highest BCUT2D eigenvalue weighted by Gasteiger charge is 2.25. The first-order valence-electron chi connectivity index (χ1n) is 9.37. The van der Waals surface area contributed by atoms with Crippen LogP contribution in [0.3, 0.4) is 0 Å². The summed E-state index contributed by atoms with van der Waals surface area (Å²) in [4.78, 5) is 30.9. The van der Waals surface area contributed by atoms with Crippen molar-refractivity contribution in [1.82, 2.24) is 9.80 Å². The number of hydrogen-bond acceptors (Lipinski definition) is 4. The second-order valence-corrected chi connectivity index (χ2v) is 8.51. The molecule has 5 nitrogen and oxygen atoms in total. The molecule has 25 heavy (non-hydrogen) atoms. The molecule has 3 rings (SSSR count). The minimum absolute atomic E-state index is 0.122. The van der Waals surface area contributed by atoms with Gasteiger partial charge in [-0.1, -0.05) is 13.8 Å². The first kappa shape index (κ1) is 18.2. The summed E-state index contributed by atoms with van der Waals surface area (Å²) >= 11 is 1.67. The lowest BCUT2D eigenvalue weighted by Gasteiger charge is -2.22. The average molecular weight is 365 g/mol. The lowest BCUT2D eigenvalue weighted by Crippen LogP contribution is -2.37. The Morgan fingerprint density at radius 3 is 2.56 bits per heavy atom. The Morgan fingerprint density at radius 2 is 1.80 bits per heavy atom. The van der Waals surface area contributed by atoms with Gasteiger partial charge in [-0.05, 0) is 49.7 Å². The normalized spacial score (nSPS) is 18.0. The van der Waals surface area contributed by atoms with Crippen molar-refractivity contribution < 1.29 is 14.3 Å². The van der Waals surface area contributed by atoms with E-state index in [0.717, 1.165) is 24.1 Å². The van der Waals surface area contributed by atoms with E-state index in [1.165, 1.54) is 23.3 Å². The number of carbonyl (C=O) groups excluding carboxylic acids is 2. The third-order valence-electron chi connectivity index (χ3n) is 4.79. The molecular formula is C19H28N2O3S. The molecule has 0 unspecified atom stereocenters. The summed E-state index contributed by atoms with van der Waals surface area (Å²) in [6.07, 6.45) is 5.23. The van der Waals surface area contributed by atoms with E-state index in [-0.39, 0.29) is 12.0 Å². The molecule has 138 valence electrons. The van der Waals surface area contributed by atoms with Crippen molar-refractivity contribution in [3.8, 4) is 0 Å². The highest BCUT2D eigenvalue weighted by atomic mass is 32.1. The van der Waals surface area contributed by atoms with Gasteiger partial charge in [0.15, 0.2) is 0 Å². The molecule has 0 atom stereocenters. The number of amides is 2. The number of fused-ring (bicyclic) bond motifs is 1. The molecule has 2 aliphatic rings. The largest absolute Gasteiger partial charge is 0.449 e. The first-order valence-corrected chi connectivity index (χ1v) is 10.2. The van der Waals surface area contributed by atoms with Crippen LogP contribution in [0.4, 0.5) is 4.79 Å². The van der Waals surface area contributed by atoms with Crippen LogP contribution >= 0.6 is 11.3 Å². The molecule has 0 N–H and O–H groups in total. The summed E-state index contributed by atoms with van der Waals surface area (Å²) in [6, 6.07) is 2.10. The quantitative estimate of drug-likeness (QED) is 0.824. The number of nitrogens with zero attached hydrogens (tertiary/aromatic N) is 2. The van der Waals surface area contributed by atoms with E-state index in [9.17, 15) is 9.59 Å². The molecule has 1 aromatic heterocycles. The van der Waals surface area contributed by atoms with Crippen molar-refractivity contribution in [1.29, 1.82) is 0 Å². The van der Waals surface area contributed by atoms with Gasteiger partial charge in [-0.2, -0.15) is 0 Å². The molecule has 1 aliphatic carbocycles. The molecule has 6 heteroatoms. The molecule has 0 spiro atoms. The third-order valence-corrected chi connectivity index (χ3v) is 6.01. The lowest BCUT2D eigenvalue weighted by molar-refractivity contribution is 0.0751. The molecule has 0 bridgehead atoms. The maximum atomic E-state index is 12.9. The fraction of sp³-hybridized carbons (Fsp3) is 0.684. The fourth-order valence-electron chi connectivity index (χ4n) is 3.38. The Balaban J connectivity index is 1.58. The molecule has 1 saturated heterocycles. The van der Waals surface area contributed by atoms with Crippen LogP contribution < -0.4 is 0 Å². The summed E-state index contributed by atoms with van der Waals surface area (Å²) in [6.45, 7) is 6.98. The Morgan fingerprint density at radius 1 is 1.08 bits per heavy atom. The molecule has 0 saturated carbocycles. The molecular weight excluding hydrogens is 336 g/mol. The monoisotopic (exact) mass is 364 g/mol.